The van der Waals surface area contributed by atoms with Gasteiger partial charge in [0.1, 0.15) is 17.7 Å². The summed E-state index contributed by atoms with van der Waals surface area (Å²) in [6.45, 7) is 15.9. The van der Waals surface area contributed by atoms with Crippen LogP contribution in [0.4, 0.5) is 4.79 Å². The van der Waals surface area contributed by atoms with Gasteiger partial charge in [-0.2, -0.15) is 0 Å². The highest BCUT2D eigenvalue weighted by Gasteiger charge is 2.43. The van der Waals surface area contributed by atoms with Gasteiger partial charge in [0.25, 0.3) is 0 Å². The molecule has 40 heavy (non-hydrogen) atoms. The Morgan fingerprint density at radius 1 is 0.900 bits per heavy atom. The molecule has 0 heterocycles. The van der Waals surface area contributed by atoms with Crippen LogP contribution in [-0.2, 0) is 20.7 Å². The lowest BCUT2D eigenvalue weighted by Gasteiger charge is -2.44. The van der Waals surface area contributed by atoms with Gasteiger partial charge < -0.3 is 20.3 Å². The molecule has 3 amide bonds. The maximum absolute atomic E-state index is 14.6. The summed E-state index contributed by atoms with van der Waals surface area (Å²) in [6.07, 6.45) is 3.11. The molecule has 2 unspecified atom stereocenters. The quantitative estimate of drug-likeness (QED) is 0.278. The van der Waals surface area contributed by atoms with E-state index in [1.807, 2.05) is 82.3 Å². The molecule has 0 fully saturated rings. The summed E-state index contributed by atoms with van der Waals surface area (Å²) in [4.78, 5) is 43.1. The fourth-order valence-corrected chi connectivity index (χ4v) is 4.46. The zero-order valence-electron chi connectivity index (χ0n) is 25.7. The van der Waals surface area contributed by atoms with E-state index in [0.717, 1.165) is 36.0 Å². The number of nitrogens with one attached hydrogen (secondary N) is 2. The third-order valence-electron chi connectivity index (χ3n) is 7.01. The Labute approximate surface area is 241 Å². The van der Waals surface area contributed by atoms with Crippen LogP contribution in [0.2, 0.25) is 0 Å². The number of benzene rings is 2. The highest BCUT2D eigenvalue weighted by molar-refractivity contribution is 5.92. The van der Waals surface area contributed by atoms with Crippen molar-refractivity contribution in [1.29, 1.82) is 0 Å². The van der Waals surface area contributed by atoms with Crippen molar-refractivity contribution in [1.82, 2.24) is 15.5 Å². The van der Waals surface area contributed by atoms with E-state index in [1.54, 1.807) is 25.7 Å². The number of unbranched alkanes of at least 4 members (excludes halogenated alkanes) is 2. The summed E-state index contributed by atoms with van der Waals surface area (Å²) >= 11 is 0. The first-order chi connectivity index (χ1) is 18.8. The summed E-state index contributed by atoms with van der Waals surface area (Å²) in [5.41, 5.74) is 1.26. The zero-order valence-corrected chi connectivity index (χ0v) is 25.7. The van der Waals surface area contributed by atoms with Crippen molar-refractivity contribution in [2.75, 3.05) is 6.54 Å². The maximum Gasteiger partial charge on any atom is 0.408 e. The Morgan fingerprint density at radius 3 is 2.08 bits per heavy atom. The van der Waals surface area contributed by atoms with E-state index < -0.39 is 29.3 Å². The largest absolute Gasteiger partial charge is 0.444 e. The van der Waals surface area contributed by atoms with Crippen molar-refractivity contribution < 1.29 is 19.1 Å². The molecule has 2 aromatic rings. The molecule has 0 aliphatic rings. The van der Waals surface area contributed by atoms with Crippen LogP contribution in [0.1, 0.15) is 96.9 Å². The first kappa shape index (κ1) is 32.9. The molecule has 0 aromatic heterocycles. The number of amides is 3. The van der Waals surface area contributed by atoms with Crippen LogP contribution in [0, 0.1) is 6.92 Å². The molecule has 0 bridgehead atoms. The summed E-state index contributed by atoms with van der Waals surface area (Å²) < 4.78 is 5.53. The second-order valence-electron chi connectivity index (χ2n) is 12.1. The van der Waals surface area contributed by atoms with Crippen molar-refractivity contribution in [2.45, 2.75) is 111 Å². The Balaban J connectivity index is 2.58. The normalized spacial score (nSPS) is 13.2. The van der Waals surface area contributed by atoms with Gasteiger partial charge in [0.05, 0.1) is 0 Å². The molecule has 0 aliphatic carbocycles. The van der Waals surface area contributed by atoms with Crippen LogP contribution in [0.5, 0.6) is 0 Å². The van der Waals surface area contributed by atoms with Gasteiger partial charge in [0.15, 0.2) is 0 Å². The smallest absolute Gasteiger partial charge is 0.408 e. The lowest BCUT2D eigenvalue weighted by Crippen LogP contribution is -2.59. The van der Waals surface area contributed by atoms with Gasteiger partial charge in [-0.1, -0.05) is 86.8 Å². The Hall–Kier alpha value is -3.35. The summed E-state index contributed by atoms with van der Waals surface area (Å²) in [5.74, 6) is -0.568. The van der Waals surface area contributed by atoms with Crippen molar-refractivity contribution in [3.8, 4) is 0 Å². The maximum atomic E-state index is 14.6. The summed E-state index contributed by atoms with van der Waals surface area (Å²) in [7, 11) is 0. The molecule has 7 nitrogen and oxygen atoms in total. The third-order valence-corrected chi connectivity index (χ3v) is 7.01. The van der Waals surface area contributed by atoms with Gasteiger partial charge in [-0.05, 0) is 65.5 Å². The van der Waals surface area contributed by atoms with Crippen LogP contribution >= 0.6 is 0 Å². The van der Waals surface area contributed by atoms with Gasteiger partial charge in [-0.3, -0.25) is 9.59 Å². The number of alkyl carbamates (subject to hydrolysis) is 1. The molecule has 0 spiro atoms. The molecular formula is C33H49N3O4. The minimum Gasteiger partial charge on any atom is -0.444 e. The Morgan fingerprint density at radius 2 is 1.52 bits per heavy atom. The third kappa shape index (κ3) is 10.00. The number of carbonyl (C=O) groups is 3. The van der Waals surface area contributed by atoms with Gasteiger partial charge in [0, 0.05) is 18.5 Å². The first-order valence-electron chi connectivity index (χ1n) is 14.5. The van der Waals surface area contributed by atoms with Gasteiger partial charge in [-0.25, -0.2) is 4.79 Å². The average Bonchev–Trinajstić information content (AvgIpc) is 2.89. The van der Waals surface area contributed by atoms with E-state index in [4.69, 9.17) is 4.74 Å². The van der Waals surface area contributed by atoms with Crippen molar-refractivity contribution >= 4 is 17.9 Å². The fraction of sp³-hybridized carbons (Fsp3) is 0.545. The topological polar surface area (TPSA) is 87.7 Å². The highest BCUT2D eigenvalue weighted by atomic mass is 16.6. The number of nitrogens with zero attached hydrogens (tertiary/aromatic N) is 1. The lowest BCUT2D eigenvalue weighted by molar-refractivity contribution is -0.149. The standard InChI is InChI=1S/C33H49N3O4/c1-9-11-15-22-34-29(37)28(26-20-18-24(3)19-21-26)36(33(7,8)10-2)30(38)27(23-25-16-13-12-14-17-25)35-31(39)40-32(4,5)6/h12-14,16-21,27-28H,9-11,15,22-23H2,1-8H3,(H,34,37)(H,35,39). The fourth-order valence-electron chi connectivity index (χ4n) is 4.46. The van der Waals surface area contributed by atoms with E-state index in [1.165, 1.54) is 0 Å². The predicted molar refractivity (Wildman–Crippen MR) is 161 cm³/mol. The SMILES string of the molecule is CCCCCNC(=O)C(c1ccc(C)cc1)N(C(=O)C(Cc1ccccc1)NC(=O)OC(C)(C)C)C(C)(C)CC. The number of carbonyl (C=O) groups excluding carboxylic acids is 3. The Bertz CT molecular complexity index is 1090. The van der Waals surface area contributed by atoms with Gasteiger partial charge in [-0.15, -0.1) is 0 Å². The van der Waals surface area contributed by atoms with E-state index in [9.17, 15) is 14.4 Å². The van der Waals surface area contributed by atoms with Crippen LogP contribution in [-0.4, -0.2) is 46.5 Å². The Kier molecular flexibility index (Phi) is 12.2. The van der Waals surface area contributed by atoms with Crippen molar-refractivity contribution in [2.24, 2.45) is 0 Å². The molecule has 0 aliphatic heterocycles. The first-order valence-corrected chi connectivity index (χ1v) is 14.5. The van der Waals surface area contributed by atoms with E-state index in [0.29, 0.717) is 13.0 Å². The molecule has 2 N–H and O–H groups in total. The molecule has 7 heteroatoms. The summed E-state index contributed by atoms with van der Waals surface area (Å²) in [5, 5.41) is 5.91. The molecule has 220 valence electrons. The molecule has 2 atom stereocenters. The second kappa shape index (κ2) is 14.9. The van der Waals surface area contributed by atoms with E-state index in [-0.39, 0.29) is 18.2 Å². The van der Waals surface area contributed by atoms with E-state index in [2.05, 4.69) is 17.6 Å². The molecule has 2 aromatic carbocycles. The van der Waals surface area contributed by atoms with Crippen LogP contribution in [0.3, 0.4) is 0 Å². The summed E-state index contributed by atoms with van der Waals surface area (Å²) in [6, 6.07) is 15.5. The van der Waals surface area contributed by atoms with Crippen LogP contribution in [0.25, 0.3) is 0 Å². The number of ether oxygens (including phenoxy) is 1. The second-order valence-corrected chi connectivity index (χ2v) is 12.1. The molecule has 0 saturated heterocycles. The highest BCUT2D eigenvalue weighted by Crippen LogP contribution is 2.32. The van der Waals surface area contributed by atoms with E-state index >= 15 is 0 Å². The van der Waals surface area contributed by atoms with Crippen LogP contribution in [0.15, 0.2) is 54.6 Å². The minimum absolute atomic E-state index is 0.231. The molecule has 0 radical (unpaired) electrons. The lowest BCUT2D eigenvalue weighted by atomic mass is 9.91. The minimum atomic E-state index is -0.941. The molecule has 0 saturated carbocycles. The van der Waals surface area contributed by atoms with Crippen molar-refractivity contribution in [3.05, 3.63) is 71.3 Å². The van der Waals surface area contributed by atoms with Gasteiger partial charge in [0.2, 0.25) is 11.8 Å². The number of hydrogen-bond acceptors (Lipinski definition) is 4. The zero-order chi connectivity index (χ0) is 29.9. The predicted octanol–water partition coefficient (Wildman–Crippen LogP) is 6.50. The van der Waals surface area contributed by atoms with Gasteiger partial charge >= 0.3 is 6.09 Å². The van der Waals surface area contributed by atoms with Crippen LogP contribution < -0.4 is 10.6 Å². The molecule has 2 rings (SSSR count). The monoisotopic (exact) mass is 551 g/mol. The number of rotatable bonds is 13. The molecular weight excluding hydrogens is 502 g/mol. The number of aryl methyl sites for hydroxylation is 1. The number of hydrogen-bond donors (Lipinski definition) is 2. The average molecular weight is 552 g/mol. The van der Waals surface area contributed by atoms with Crippen molar-refractivity contribution in [3.63, 3.8) is 0 Å².